The Morgan fingerprint density at radius 3 is 2.64 bits per heavy atom. The molecule has 0 saturated carbocycles. The Hall–Kier alpha value is -2.89. The van der Waals surface area contributed by atoms with Gasteiger partial charge < -0.3 is 9.47 Å². The smallest absolute Gasteiger partial charge is 0.338 e. The van der Waals surface area contributed by atoms with Crippen LogP contribution in [0.15, 0.2) is 42.5 Å². The number of rotatable bonds is 5. The van der Waals surface area contributed by atoms with E-state index in [1.807, 2.05) is 6.92 Å². The highest BCUT2D eigenvalue weighted by Gasteiger charge is 2.15. The first kappa shape index (κ1) is 15.5. The Morgan fingerprint density at radius 1 is 1.23 bits per heavy atom. The normalized spacial score (nSPS) is 10.1. The lowest BCUT2D eigenvalue weighted by Crippen LogP contribution is -2.07. The van der Waals surface area contributed by atoms with Gasteiger partial charge in [-0.1, -0.05) is 18.2 Å². The zero-order valence-corrected chi connectivity index (χ0v) is 12.2. The number of methoxy groups -OCH3 is 1. The van der Waals surface area contributed by atoms with Gasteiger partial charge in [0.2, 0.25) is 0 Å². The van der Waals surface area contributed by atoms with Crippen LogP contribution in [-0.2, 0) is 11.3 Å². The molecule has 0 N–H and O–H groups in total. The Kier molecular flexibility index (Phi) is 4.73. The van der Waals surface area contributed by atoms with Crippen molar-refractivity contribution < 1.29 is 19.2 Å². The summed E-state index contributed by atoms with van der Waals surface area (Å²) in [7, 11) is 1.52. The Labute approximate surface area is 127 Å². The molecule has 2 aromatic rings. The molecule has 0 saturated heterocycles. The molecule has 0 radical (unpaired) electrons. The lowest BCUT2D eigenvalue weighted by molar-refractivity contribution is -0.385. The van der Waals surface area contributed by atoms with E-state index in [4.69, 9.17) is 9.47 Å². The maximum Gasteiger partial charge on any atom is 0.338 e. The Bertz CT molecular complexity index is 711. The van der Waals surface area contributed by atoms with Crippen LogP contribution in [0.2, 0.25) is 0 Å². The minimum Gasteiger partial charge on any atom is -0.496 e. The molecule has 0 heterocycles. The molecule has 0 fully saturated rings. The maximum atomic E-state index is 12.0. The van der Waals surface area contributed by atoms with Gasteiger partial charge in [-0.2, -0.15) is 0 Å². The molecule has 0 aliphatic rings. The fourth-order valence-corrected chi connectivity index (χ4v) is 1.98. The molecular formula is C16H15NO5. The molecule has 0 aliphatic heterocycles. The lowest BCUT2D eigenvalue weighted by Gasteiger charge is -2.08. The summed E-state index contributed by atoms with van der Waals surface area (Å²) >= 11 is 0. The van der Waals surface area contributed by atoms with Gasteiger partial charge in [-0.3, -0.25) is 10.1 Å². The molecule has 0 bridgehead atoms. The monoisotopic (exact) mass is 301 g/mol. The number of esters is 1. The number of aryl methyl sites for hydroxylation is 1. The topological polar surface area (TPSA) is 78.7 Å². The molecule has 6 nitrogen and oxygen atoms in total. The summed E-state index contributed by atoms with van der Waals surface area (Å²) in [4.78, 5) is 22.4. The summed E-state index contributed by atoms with van der Waals surface area (Å²) in [5.74, 6) is 0.0246. The van der Waals surface area contributed by atoms with Crippen LogP contribution < -0.4 is 4.74 Å². The van der Waals surface area contributed by atoms with Crippen LogP contribution in [-0.4, -0.2) is 18.0 Å². The first-order valence-electron chi connectivity index (χ1n) is 6.57. The summed E-state index contributed by atoms with van der Waals surface area (Å²) in [5, 5.41) is 10.9. The third-order valence-electron chi connectivity index (χ3n) is 3.19. The highest BCUT2D eigenvalue weighted by atomic mass is 16.6. The molecule has 0 atom stereocenters. The fraction of sp³-hybridized carbons (Fsp3) is 0.188. The van der Waals surface area contributed by atoms with Crippen molar-refractivity contribution >= 4 is 11.7 Å². The van der Waals surface area contributed by atoms with E-state index in [1.165, 1.54) is 13.2 Å². The predicted octanol–water partition coefficient (Wildman–Crippen LogP) is 3.27. The zero-order valence-electron chi connectivity index (χ0n) is 12.2. The van der Waals surface area contributed by atoms with Gasteiger partial charge in [0.25, 0.3) is 5.69 Å². The van der Waals surface area contributed by atoms with Crippen molar-refractivity contribution in [2.75, 3.05) is 7.11 Å². The average molecular weight is 301 g/mol. The van der Waals surface area contributed by atoms with Crippen LogP contribution in [0, 0.1) is 17.0 Å². The second-order valence-corrected chi connectivity index (χ2v) is 4.65. The number of nitro benzene ring substituents is 1. The maximum absolute atomic E-state index is 12.0. The summed E-state index contributed by atoms with van der Waals surface area (Å²) in [6.07, 6.45) is 0. The van der Waals surface area contributed by atoms with Gasteiger partial charge in [-0.15, -0.1) is 0 Å². The molecule has 0 spiro atoms. The Balaban J connectivity index is 2.12. The number of hydrogen-bond donors (Lipinski definition) is 0. The van der Waals surface area contributed by atoms with Crippen molar-refractivity contribution in [3.8, 4) is 5.75 Å². The SMILES string of the molecule is COc1cc(C(=O)OCc2ccccc2[N+](=O)[O-])ccc1C. The van der Waals surface area contributed by atoms with E-state index < -0.39 is 10.9 Å². The summed E-state index contributed by atoms with van der Waals surface area (Å²) in [6, 6.07) is 11.1. The molecule has 0 aromatic heterocycles. The molecule has 6 heteroatoms. The standard InChI is InChI=1S/C16H15NO5/c1-11-7-8-12(9-15(11)21-2)16(18)22-10-13-5-3-4-6-14(13)17(19)20/h3-9H,10H2,1-2H3. The molecule has 0 aliphatic carbocycles. The second-order valence-electron chi connectivity index (χ2n) is 4.65. The molecule has 22 heavy (non-hydrogen) atoms. The van der Waals surface area contributed by atoms with E-state index in [9.17, 15) is 14.9 Å². The molecule has 2 rings (SSSR count). The summed E-state index contributed by atoms with van der Waals surface area (Å²) in [6.45, 7) is 1.70. The van der Waals surface area contributed by atoms with E-state index in [-0.39, 0.29) is 12.3 Å². The van der Waals surface area contributed by atoms with Gasteiger partial charge in [0, 0.05) is 6.07 Å². The van der Waals surface area contributed by atoms with Crippen LogP contribution in [0.3, 0.4) is 0 Å². The predicted molar refractivity (Wildman–Crippen MR) is 79.9 cm³/mol. The van der Waals surface area contributed by atoms with Crippen molar-refractivity contribution in [1.29, 1.82) is 0 Å². The largest absolute Gasteiger partial charge is 0.496 e. The first-order valence-corrected chi connectivity index (χ1v) is 6.57. The van der Waals surface area contributed by atoms with Gasteiger partial charge in [0.05, 0.1) is 23.2 Å². The van der Waals surface area contributed by atoms with Gasteiger partial charge in [-0.05, 0) is 30.7 Å². The molecular weight excluding hydrogens is 286 g/mol. The molecule has 114 valence electrons. The number of benzene rings is 2. The van der Waals surface area contributed by atoms with Crippen molar-refractivity contribution in [2.24, 2.45) is 0 Å². The summed E-state index contributed by atoms with van der Waals surface area (Å²) < 4.78 is 10.3. The third-order valence-corrected chi connectivity index (χ3v) is 3.19. The van der Waals surface area contributed by atoms with Gasteiger partial charge in [-0.25, -0.2) is 4.79 Å². The molecule has 2 aromatic carbocycles. The number of carbonyl (C=O) groups excluding carboxylic acids is 1. The van der Waals surface area contributed by atoms with E-state index >= 15 is 0 Å². The van der Waals surface area contributed by atoms with Crippen LogP contribution in [0.25, 0.3) is 0 Å². The van der Waals surface area contributed by atoms with E-state index in [1.54, 1.807) is 36.4 Å². The number of hydrogen-bond acceptors (Lipinski definition) is 5. The second kappa shape index (κ2) is 6.71. The highest BCUT2D eigenvalue weighted by molar-refractivity contribution is 5.90. The van der Waals surface area contributed by atoms with Crippen LogP contribution in [0.1, 0.15) is 21.5 Å². The number of ether oxygens (including phenoxy) is 2. The minimum absolute atomic E-state index is 0.0724. The van der Waals surface area contributed by atoms with E-state index in [2.05, 4.69) is 0 Å². The van der Waals surface area contributed by atoms with Crippen molar-refractivity contribution in [1.82, 2.24) is 0 Å². The number of nitrogens with zero attached hydrogens (tertiary/aromatic N) is 1. The number of para-hydroxylation sites is 1. The number of carbonyl (C=O) groups is 1. The van der Waals surface area contributed by atoms with Crippen LogP contribution in [0.5, 0.6) is 5.75 Å². The lowest BCUT2D eigenvalue weighted by atomic mass is 10.1. The van der Waals surface area contributed by atoms with Gasteiger partial charge in [0.1, 0.15) is 12.4 Å². The first-order chi connectivity index (χ1) is 10.5. The zero-order chi connectivity index (χ0) is 16.1. The molecule has 0 unspecified atom stereocenters. The quantitative estimate of drug-likeness (QED) is 0.481. The minimum atomic E-state index is -0.559. The number of nitro groups is 1. The fourth-order valence-electron chi connectivity index (χ4n) is 1.98. The van der Waals surface area contributed by atoms with Crippen molar-refractivity contribution in [3.63, 3.8) is 0 Å². The highest BCUT2D eigenvalue weighted by Crippen LogP contribution is 2.21. The van der Waals surface area contributed by atoms with E-state index in [0.29, 0.717) is 16.9 Å². The van der Waals surface area contributed by atoms with E-state index in [0.717, 1.165) is 5.56 Å². The van der Waals surface area contributed by atoms with Crippen LogP contribution in [0.4, 0.5) is 5.69 Å². The van der Waals surface area contributed by atoms with Gasteiger partial charge >= 0.3 is 5.97 Å². The summed E-state index contributed by atoms with van der Waals surface area (Å²) in [5.41, 5.74) is 1.51. The third kappa shape index (κ3) is 3.41. The average Bonchev–Trinajstić information content (AvgIpc) is 2.53. The Morgan fingerprint density at radius 2 is 1.95 bits per heavy atom. The van der Waals surface area contributed by atoms with Crippen molar-refractivity contribution in [3.05, 3.63) is 69.3 Å². The van der Waals surface area contributed by atoms with Crippen LogP contribution >= 0.6 is 0 Å². The van der Waals surface area contributed by atoms with Crippen molar-refractivity contribution in [2.45, 2.75) is 13.5 Å². The van der Waals surface area contributed by atoms with Gasteiger partial charge in [0.15, 0.2) is 0 Å². The molecule has 0 amide bonds.